The molecule has 0 saturated heterocycles. The molecule has 1 fully saturated rings. The van der Waals surface area contributed by atoms with Crippen LogP contribution in [0, 0.1) is 17.8 Å². The van der Waals surface area contributed by atoms with Crippen molar-refractivity contribution in [3.05, 3.63) is 71.8 Å². The van der Waals surface area contributed by atoms with Gasteiger partial charge in [0.05, 0.1) is 5.92 Å². The van der Waals surface area contributed by atoms with E-state index in [1.165, 1.54) is 0 Å². The highest BCUT2D eigenvalue weighted by molar-refractivity contribution is 5.98. The lowest BCUT2D eigenvalue weighted by Crippen LogP contribution is -2.39. The summed E-state index contributed by atoms with van der Waals surface area (Å²) in [6, 6.07) is 18.1. The lowest BCUT2D eigenvalue weighted by atomic mass is 9.83. The van der Waals surface area contributed by atoms with Gasteiger partial charge in [0.2, 0.25) is 0 Å². The number of rotatable bonds is 10. The molecule has 31 heavy (non-hydrogen) atoms. The van der Waals surface area contributed by atoms with Crippen molar-refractivity contribution in [1.29, 1.82) is 0 Å². The second kappa shape index (κ2) is 11.3. The van der Waals surface area contributed by atoms with Gasteiger partial charge in [0, 0.05) is 0 Å². The predicted molar refractivity (Wildman–Crippen MR) is 114 cm³/mol. The van der Waals surface area contributed by atoms with Crippen molar-refractivity contribution in [1.82, 2.24) is 0 Å². The van der Waals surface area contributed by atoms with E-state index in [1.54, 1.807) is 24.3 Å². The van der Waals surface area contributed by atoms with Crippen molar-refractivity contribution < 1.29 is 29.0 Å². The van der Waals surface area contributed by atoms with Crippen LogP contribution >= 0.6 is 0 Å². The molecule has 0 aliphatic heterocycles. The third kappa shape index (κ3) is 6.67. The van der Waals surface area contributed by atoms with Crippen molar-refractivity contribution in [2.45, 2.75) is 45.3 Å². The SMILES string of the molecule is O=C(OCc1ccccc1)C(C(=O)OCc1ccccc1)[C@@H](CC1CCCC1)C(=O)O. The van der Waals surface area contributed by atoms with Crippen molar-refractivity contribution in [2.75, 3.05) is 0 Å². The fourth-order valence-corrected chi connectivity index (χ4v) is 4.05. The molecule has 1 aliphatic carbocycles. The Kier molecular flexibility index (Phi) is 8.21. The number of hydrogen-bond acceptors (Lipinski definition) is 5. The third-order valence-electron chi connectivity index (χ3n) is 5.74. The first kappa shape index (κ1) is 22.5. The second-order valence-corrected chi connectivity index (χ2v) is 8.00. The maximum atomic E-state index is 12.9. The minimum absolute atomic E-state index is 0.0299. The zero-order valence-corrected chi connectivity index (χ0v) is 17.4. The Hall–Kier alpha value is -3.15. The van der Waals surface area contributed by atoms with Crippen molar-refractivity contribution in [3.8, 4) is 0 Å². The zero-order chi connectivity index (χ0) is 22.1. The summed E-state index contributed by atoms with van der Waals surface area (Å²) < 4.78 is 10.7. The maximum Gasteiger partial charge on any atom is 0.321 e. The number of hydrogen-bond donors (Lipinski definition) is 1. The van der Waals surface area contributed by atoms with E-state index >= 15 is 0 Å². The smallest absolute Gasteiger partial charge is 0.321 e. The van der Waals surface area contributed by atoms with E-state index in [4.69, 9.17) is 9.47 Å². The van der Waals surface area contributed by atoms with E-state index in [2.05, 4.69) is 0 Å². The monoisotopic (exact) mass is 424 g/mol. The number of esters is 2. The van der Waals surface area contributed by atoms with Gasteiger partial charge in [-0.05, 0) is 23.5 Å². The van der Waals surface area contributed by atoms with E-state index in [0.717, 1.165) is 36.8 Å². The number of aliphatic carboxylic acids is 1. The highest BCUT2D eigenvalue weighted by Crippen LogP contribution is 2.34. The van der Waals surface area contributed by atoms with Crippen LogP contribution in [0.25, 0.3) is 0 Å². The molecular formula is C25H28O6. The predicted octanol–water partition coefficient (Wildman–Crippen LogP) is 4.37. The molecule has 2 aromatic rings. The number of carbonyl (C=O) groups is 3. The first-order valence-corrected chi connectivity index (χ1v) is 10.7. The minimum atomic E-state index is -1.49. The molecule has 0 radical (unpaired) electrons. The average Bonchev–Trinajstić information content (AvgIpc) is 3.30. The van der Waals surface area contributed by atoms with Crippen LogP contribution in [0.5, 0.6) is 0 Å². The van der Waals surface area contributed by atoms with Crippen LogP contribution in [0.1, 0.15) is 43.2 Å². The Balaban J connectivity index is 1.74. The first-order valence-electron chi connectivity index (χ1n) is 10.7. The van der Waals surface area contributed by atoms with Gasteiger partial charge in [0.1, 0.15) is 13.2 Å². The van der Waals surface area contributed by atoms with Gasteiger partial charge in [0.15, 0.2) is 5.92 Å². The summed E-state index contributed by atoms with van der Waals surface area (Å²) in [5.74, 6) is -5.36. The molecule has 1 atom stereocenters. The molecule has 1 saturated carbocycles. The van der Waals surface area contributed by atoms with E-state index in [1.807, 2.05) is 36.4 Å². The molecule has 164 valence electrons. The van der Waals surface area contributed by atoms with Crippen LogP contribution in [0.2, 0.25) is 0 Å². The maximum absolute atomic E-state index is 12.9. The molecule has 0 spiro atoms. The molecule has 6 nitrogen and oxygen atoms in total. The highest BCUT2D eigenvalue weighted by Gasteiger charge is 2.43. The van der Waals surface area contributed by atoms with Gasteiger partial charge in [0.25, 0.3) is 0 Å². The van der Waals surface area contributed by atoms with Gasteiger partial charge in [-0.25, -0.2) is 0 Å². The Morgan fingerprint density at radius 1 is 0.806 bits per heavy atom. The number of carboxylic acid groups (broad SMARTS) is 1. The Labute approximate surface area is 182 Å². The van der Waals surface area contributed by atoms with E-state index in [9.17, 15) is 19.5 Å². The largest absolute Gasteiger partial charge is 0.481 e. The Bertz CT molecular complexity index is 803. The molecule has 0 amide bonds. The quantitative estimate of drug-likeness (QED) is 0.450. The van der Waals surface area contributed by atoms with Gasteiger partial charge in [-0.1, -0.05) is 86.3 Å². The fraction of sp³-hybridized carbons (Fsp3) is 0.400. The van der Waals surface area contributed by atoms with Crippen molar-refractivity contribution in [3.63, 3.8) is 0 Å². The zero-order valence-electron chi connectivity index (χ0n) is 17.4. The molecular weight excluding hydrogens is 396 g/mol. The summed E-state index contributed by atoms with van der Waals surface area (Å²) in [6.07, 6.45) is 4.17. The van der Waals surface area contributed by atoms with Gasteiger partial charge >= 0.3 is 17.9 Å². The summed E-state index contributed by atoms with van der Waals surface area (Å²) >= 11 is 0. The topological polar surface area (TPSA) is 89.9 Å². The number of ether oxygens (including phenoxy) is 2. The van der Waals surface area contributed by atoms with Crippen LogP contribution in [0.15, 0.2) is 60.7 Å². The van der Waals surface area contributed by atoms with Gasteiger partial charge in [-0.2, -0.15) is 0 Å². The normalized spacial score (nSPS) is 14.9. The molecule has 0 heterocycles. The average molecular weight is 424 g/mol. The van der Waals surface area contributed by atoms with Crippen LogP contribution in [-0.4, -0.2) is 23.0 Å². The Morgan fingerprint density at radius 2 is 1.26 bits per heavy atom. The lowest BCUT2D eigenvalue weighted by molar-refractivity contribution is -0.172. The van der Waals surface area contributed by atoms with Crippen LogP contribution in [0.4, 0.5) is 0 Å². The number of carboxylic acids is 1. The number of benzene rings is 2. The summed E-state index contributed by atoms with van der Waals surface area (Å²) in [5, 5.41) is 9.86. The molecule has 1 N–H and O–H groups in total. The molecule has 1 aliphatic rings. The summed E-state index contributed by atoms with van der Waals surface area (Å²) in [4.78, 5) is 37.9. The third-order valence-corrected chi connectivity index (χ3v) is 5.74. The summed E-state index contributed by atoms with van der Waals surface area (Å²) in [6.45, 7) is -0.0597. The standard InChI is InChI=1S/C25H28O6/c26-23(27)21(15-18-9-7-8-10-18)22(24(28)30-16-19-11-3-1-4-12-19)25(29)31-17-20-13-5-2-6-14-20/h1-6,11-14,18,21-22H,7-10,15-17H2,(H,26,27)/t21-/m1/s1. The summed E-state index contributed by atoms with van der Waals surface area (Å²) in [5.41, 5.74) is 1.52. The molecule has 6 heteroatoms. The second-order valence-electron chi connectivity index (χ2n) is 8.00. The van der Waals surface area contributed by atoms with Crippen LogP contribution in [0.3, 0.4) is 0 Å². The highest BCUT2D eigenvalue weighted by atomic mass is 16.6. The van der Waals surface area contributed by atoms with E-state index < -0.39 is 29.7 Å². The van der Waals surface area contributed by atoms with Gasteiger partial charge in [-0.15, -0.1) is 0 Å². The molecule has 2 aromatic carbocycles. The van der Waals surface area contributed by atoms with Crippen LogP contribution < -0.4 is 0 Å². The molecule has 0 bridgehead atoms. The molecule has 0 aromatic heterocycles. The van der Waals surface area contributed by atoms with E-state index in [0.29, 0.717) is 0 Å². The van der Waals surface area contributed by atoms with Crippen molar-refractivity contribution >= 4 is 17.9 Å². The Morgan fingerprint density at radius 3 is 1.68 bits per heavy atom. The van der Waals surface area contributed by atoms with Crippen LogP contribution in [-0.2, 0) is 37.1 Å². The number of carbonyl (C=O) groups excluding carboxylic acids is 2. The van der Waals surface area contributed by atoms with Crippen molar-refractivity contribution in [2.24, 2.45) is 17.8 Å². The molecule has 3 rings (SSSR count). The van der Waals surface area contributed by atoms with Gasteiger partial charge in [-0.3, -0.25) is 14.4 Å². The summed E-state index contributed by atoms with van der Waals surface area (Å²) in [7, 11) is 0. The lowest BCUT2D eigenvalue weighted by Gasteiger charge is -2.23. The first-order chi connectivity index (χ1) is 15.0. The molecule has 0 unspecified atom stereocenters. The minimum Gasteiger partial charge on any atom is -0.481 e. The van der Waals surface area contributed by atoms with Gasteiger partial charge < -0.3 is 14.6 Å². The van der Waals surface area contributed by atoms with E-state index in [-0.39, 0.29) is 25.6 Å². The fourth-order valence-electron chi connectivity index (χ4n) is 4.05.